The van der Waals surface area contributed by atoms with Crippen LogP contribution >= 0.6 is 15.9 Å². The highest BCUT2D eigenvalue weighted by Crippen LogP contribution is 2.41. The molecule has 2 heterocycles. The highest BCUT2D eigenvalue weighted by Gasteiger charge is 2.53. The lowest BCUT2D eigenvalue weighted by molar-refractivity contribution is -0.115. The van der Waals surface area contributed by atoms with Crippen LogP contribution in [0.5, 0.6) is 0 Å². The molecule has 0 bridgehead atoms. The first-order chi connectivity index (χ1) is 10.7. The van der Waals surface area contributed by atoms with Crippen molar-refractivity contribution in [1.29, 1.82) is 0 Å². The molecule has 2 fully saturated rings. The minimum Gasteiger partial charge on any atom is -0.444 e. The average molecular weight is 385 g/mol. The van der Waals surface area contributed by atoms with Crippen LogP contribution in [0.2, 0.25) is 0 Å². The molecule has 0 saturated carbocycles. The van der Waals surface area contributed by atoms with E-state index in [-0.39, 0.29) is 17.3 Å². The molecule has 4 nitrogen and oxygen atoms in total. The van der Waals surface area contributed by atoms with Gasteiger partial charge >= 0.3 is 6.09 Å². The Morgan fingerprint density at radius 2 is 1.96 bits per heavy atom. The van der Waals surface area contributed by atoms with Gasteiger partial charge in [-0.25, -0.2) is 9.18 Å². The molecule has 23 heavy (non-hydrogen) atoms. The van der Waals surface area contributed by atoms with Crippen LogP contribution in [0.25, 0.3) is 0 Å². The normalized spacial score (nSPS) is 20.1. The summed E-state index contributed by atoms with van der Waals surface area (Å²) in [4.78, 5) is 15.9. The standard InChI is InChI=1S/C17H22BrFN2O2/c1-16(2,3)23-15(22)21-10-17(11-21)8-20(9-17)7-12-4-5-13(18)6-14(12)19/h4-6H,7-11H2,1-3H3. The fourth-order valence-electron chi connectivity index (χ4n) is 3.32. The molecule has 3 rings (SSSR count). The number of halogens is 2. The summed E-state index contributed by atoms with van der Waals surface area (Å²) in [5.41, 5.74) is 0.444. The van der Waals surface area contributed by atoms with Crippen molar-refractivity contribution < 1.29 is 13.9 Å². The number of rotatable bonds is 2. The van der Waals surface area contributed by atoms with E-state index in [9.17, 15) is 9.18 Å². The second-order valence-corrected chi connectivity index (χ2v) is 8.63. The fraction of sp³-hybridized carbons (Fsp3) is 0.588. The van der Waals surface area contributed by atoms with Crippen molar-refractivity contribution in [2.75, 3.05) is 26.2 Å². The van der Waals surface area contributed by atoms with Crippen molar-refractivity contribution in [3.8, 4) is 0 Å². The van der Waals surface area contributed by atoms with E-state index < -0.39 is 5.60 Å². The number of likely N-dealkylation sites (tertiary alicyclic amines) is 2. The average Bonchev–Trinajstić information content (AvgIpc) is 2.30. The zero-order valence-corrected chi connectivity index (χ0v) is 15.3. The molecule has 6 heteroatoms. The van der Waals surface area contributed by atoms with Crippen LogP contribution in [0.1, 0.15) is 26.3 Å². The predicted octanol–water partition coefficient (Wildman–Crippen LogP) is 3.64. The van der Waals surface area contributed by atoms with E-state index in [1.165, 1.54) is 6.07 Å². The van der Waals surface area contributed by atoms with Gasteiger partial charge in [0.15, 0.2) is 0 Å². The summed E-state index contributed by atoms with van der Waals surface area (Å²) in [6.45, 7) is 9.52. The Labute approximate surface area is 144 Å². The van der Waals surface area contributed by atoms with Crippen molar-refractivity contribution >= 4 is 22.0 Å². The summed E-state index contributed by atoms with van der Waals surface area (Å²) >= 11 is 3.27. The summed E-state index contributed by atoms with van der Waals surface area (Å²) in [6, 6.07) is 5.18. The fourth-order valence-corrected chi connectivity index (χ4v) is 3.66. The molecule has 2 saturated heterocycles. The third kappa shape index (κ3) is 3.69. The second-order valence-electron chi connectivity index (χ2n) is 7.72. The molecule has 0 N–H and O–H groups in total. The first kappa shape index (κ1) is 16.7. The van der Waals surface area contributed by atoms with Gasteiger partial charge in [-0.15, -0.1) is 0 Å². The monoisotopic (exact) mass is 384 g/mol. The smallest absolute Gasteiger partial charge is 0.410 e. The Hall–Kier alpha value is -1.14. The van der Waals surface area contributed by atoms with Crippen LogP contribution in [-0.2, 0) is 11.3 Å². The maximum Gasteiger partial charge on any atom is 0.410 e. The molecule has 0 aromatic heterocycles. The summed E-state index contributed by atoms with van der Waals surface area (Å²) in [5, 5.41) is 0. The van der Waals surface area contributed by atoms with Crippen LogP contribution in [-0.4, -0.2) is 47.7 Å². The summed E-state index contributed by atoms with van der Waals surface area (Å²) in [7, 11) is 0. The largest absolute Gasteiger partial charge is 0.444 e. The minimum atomic E-state index is -0.454. The first-order valence-corrected chi connectivity index (χ1v) is 8.59. The lowest BCUT2D eigenvalue weighted by Crippen LogP contribution is -2.72. The van der Waals surface area contributed by atoms with Gasteiger partial charge in [-0.3, -0.25) is 4.90 Å². The van der Waals surface area contributed by atoms with Gasteiger partial charge in [0, 0.05) is 48.2 Å². The Morgan fingerprint density at radius 1 is 1.30 bits per heavy atom. The van der Waals surface area contributed by atoms with Gasteiger partial charge < -0.3 is 9.64 Å². The Bertz CT molecular complexity index is 616. The second kappa shape index (κ2) is 5.74. The number of hydrogen-bond donors (Lipinski definition) is 0. The number of ether oxygens (including phenoxy) is 1. The van der Waals surface area contributed by atoms with Gasteiger partial charge in [-0.05, 0) is 32.9 Å². The molecule has 2 aliphatic heterocycles. The van der Waals surface area contributed by atoms with Crippen molar-refractivity contribution in [3.05, 3.63) is 34.1 Å². The molecule has 0 radical (unpaired) electrons. The van der Waals surface area contributed by atoms with Crippen LogP contribution in [0.4, 0.5) is 9.18 Å². The van der Waals surface area contributed by atoms with E-state index in [0.717, 1.165) is 30.7 Å². The molecule has 0 atom stereocenters. The minimum absolute atomic E-state index is 0.177. The number of amides is 1. The molecule has 1 amide bonds. The molecule has 2 aliphatic rings. The summed E-state index contributed by atoms with van der Waals surface area (Å²) in [5.74, 6) is -0.177. The van der Waals surface area contributed by atoms with Gasteiger partial charge in [-0.1, -0.05) is 22.0 Å². The first-order valence-electron chi connectivity index (χ1n) is 7.80. The summed E-state index contributed by atoms with van der Waals surface area (Å²) in [6.07, 6.45) is -0.236. The Morgan fingerprint density at radius 3 is 2.52 bits per heavy atom. The van der Waals surface area contributed by atoms with Crippen molar-refractivity contribution in [2.45, 2.75) is 32.9 Å². The molecular formula is C17H22BrFN2O2. The van der Waals surface area contributed by atoms with E-state index in [1.54, 1.807) is 4.90 Å². The van der Waals surface area contributed by atoms with Crippen LogP contribution in [0.15, 0.2) is 22.7 Å². The lowest BCUT2D eigenvalue weighted by Gasteiger charge is -2.60. The number of nitrogens with zero attached hydrogens (tertiary/aromatic N) is 2. The summed E-state index contributed by atoms with van der Waals surface area (Å²) < 4.78 is 20.0. The maximum atomic E-state index is 13.9. The Balaban J connectivity index is 1.46. The van der Waals surface area contributed by atoms with Gasteiger partial charge in [0.2, 0.25) is 0 Å². The van der Waals surface area contributed by atoms with E-state index in [1.807, 2.05) is 32.9 Å². The van der Waals surface area contributed by atoms with E-state index in [2.05, 4.69) is 20.8 Å². The van der Waals surface area contributed by atoms with Crippen molar-refractivity contribution in [1.82, 2.24) is 9.80 Å². The zero-order valence-electron chi connectivity index (χ0n) is 13.7. The van der Waals surface area contributed by atoms with Crippen molar-refractivity contribution in [2.24, 2.45) is 5.41 Å². The number of benzene rings is 1. The molecule has 126 valence electrons. The topological polar surface area (TPSA) is 32.8 Å². The molecule has 1 aromatic rings. The SMILES string of the molecule is CC(C)(C)OC(=O)N1CC2(CN(Cc3ccc(Br)cc3F)C2)C1. The molecule has 1 aromatic carbocycles. The van der Waals surface area contributed by atoms with Gasteiger partial charge in [0.05, 0.1) is 0 Å². The van der Waals surface area contributed by atoms with Crippen LogP contribution in [0, 0.1) is 11.2 Å². The third-order valence-electron chi connectivity index (χ3n) is 4.23. The highest BCUT2D eigenvalue weighted by atomic mass is 79.9. The number of hydrogen-bond acceptors (Lipinski definition) is 3. The molecule has 0 unspecified atom stereocenters. The highest BCUT2D eigenvalue weighted by molar-refractivity contribution is 9.10. The zero-order chi connectivity index (χ0) is 16.8. The number of carbonyl (C=O) groups excluding carboxylic acids is 1. The Kier molecular flexibility index (Phi) is 4.17. The van der Waals surface area contributed by atoms with E-state index in [0.29, 0.717) is 12.1 Å². The van der Waals surface area contributed by atoms with Crippen LogP contribution < -0.4 is 0 Å². The predicted molar refractivity (Wildman–Crippen MR) is 89.6 cm³/mol. The number of carbonyl (C=O) groups is 1. The van der Waals surface area contributed by atoms with Gasteiger partial charge in [-0.2, -0.15) is 0 Å². The quantitative estimate of drug-likeness (QED) is 0.780. The maximum absolute atomic E-state index is 13.9. The molecule has 1 spiro atoms. The lowest BCUT2D eigenvalue weighted by atomic mass is 9.73. The van der Waals surface area contributed by atoms with Crippen molar-refractivity contribution in [3.63, 3.8) is 0 Å². The van der Waals surface area contributed by atoms with E-state index >= 15 is 0 Å². The molecular weight excluding hydrogens is 363 g/mol. The van der Waals surface area contributed by atoms with E-state index in [4.69, 9.17) is 4.74 Å². The molecule has 0 aliphatic carbocycles. The van der Waals surface area contributed by atoms with Crippen LogP contribution in [0.3, 0.4) is 0 Å². The van der Waals surface area contributed by atoms with Gasteiger partial charge in [0.25, 0.3) is 0 Å². The van der Waals surface area contributed by atoms with Gasteiger partial charge in [0.1, 0.15) is 11.4 Å². The third-order valence-corrected chi connectivity index (χ3v) is 4.72.